The zero-order chi connectivity index (χ0) is 21.3. The number of aliphatic hydroxyl groups is 1. The molecule has 7 nitrogen and oxygen atoms in total. The molecule has 0 spiro atoms. The second-order valence-electron chi connectivity index (χ2n) is 7.41. The monoisotopic (exact) mass is 404 g/mol. The Morgan fingerprint density at radius 3 is 2.70 bits per heavy atom. The fourth-order valence-corrected chi connectivity index (χ4v) is 3.65. The number of rotatable bonds is 6. The van der Waals surface area contributed by atoms with E-state index in [0.29, 0.717) is 35.7 Å². The van der Waals surface area contributed by atoms with Gasteiger partial charge in [0.2, 0.25) is 0 Å². The Labute approximate surface area is 175 Å². The van der Waals surface area contributed by atoms with Crippen molar-refractivity contribution >= 4 is 17.3 Å². The standard InChI is InChI=1S/C23H24N4O3/c1-14-5-4-6-16(24-14)10-17-11-19(22-20(25-17)12-27(2)23(22)29)26-18-8-7-15(13-28)9-21(18)30-3/h4-9,11,28H,10,12-13H2,1-3H3,(H,25,26). The maximum absolute atomic E-state index is 12.7. The highest BCUT2D eigenvalue weighted by Crippen LogP contribution is 2.34. The number of hydrogen-bond acceptors (Lipinski definition) is 6. The predicted octanol–water partition coefficient (Wildman–Crippen LogP) is 3.21. The molecule has 0 atom stereocenters. The highest BCUT2D eigenvalue weighted by Gasteiger charge is 2.30. The van der Waals surface area contributed by atoms with Crippen molar-refractivity contribution in [2.45, 2.75) is 26.5 Å². The number of hydrogen-bond donors (Lipinski definition) is 2. The number of amides is 1. The van der Waals surface area contributed by atoms with Crippen LogP contribution in [0.5, 0.6) is 5.75 Å². The summed E-state index contributed by atoms with van der Waals surface area (Å²) in [6.45, 7) is 2.36. The summed E-state index contributed by atoms with van der Waals surface area (Å²) in [6, 6.07) is 13.2. The van der Waals surface area contributed by atoms with E-state index in [2.05, 4.69) is 10.3 Å². The zero-order valence-electron chi connectivity index (χ0n) is 17.3. The number of nitrogens with one attached hydrogen (secondary N) is 1. The van der Waals surface area contributed by atoms with Crippen LogP contribution >= 0.6 is 0 Å². The van der Waals surface area contributed by atoms with Gasteiger partial charge < -0.3 is 20.1 Å². The molecule has 3 aromatic rings. The summed E-state index contributed by atoms with van der Waals surface area (Å²) in [7, 11) is 3.35. The smallest absolute Gasteiger partial charge is 0.257 e. The lowest BCUT2D eigenvalue weighted by Gasteiger charge is -2.15. The molecular weight excluding hydrogens is 380 g/mol. The Balaban J connectivity index is 1.75. The first-order valence-electron chi connectivity index (χ1n) is 9.74. The lowest BCUT2D eigenvalue weighted by molar-refractivity contribution is 0.0817. The van der Waals surface area contributed by atoms with Crippen molar-refractivity contribution < 1.29 is 14.6 Å². The minimum atomic E-state index is -0.0712. The van der Waals surface area contributed by atoms with E-state index < -0.39 is 0 Å². The number of carbonyl (C=O) groups is 1. The van der Waals surface area contributed by atoms with Crippen molar-refractivity contribution in [3.05, 3.63) is 76.4 Å². The van der Waals surface area contributed by atoms with Crippen LogP contribution in [0.15, 0.2) is 42.5 Å². The maximum atomic E-state index is 12.7. The third kappa shape index (κ3) is 3.84. The first-order chi connectivity index (χ1) is 14.5. The van der Waals surface area contributed by atoms with Gasteiger partial charge >= 0.3 is 0 Å². The third-order valence-corrected chi connectivity index (χ3v) is 5.12. The van der Waals surface area contributed by atoms with Gasteiger partial charge in [0.1, 0.15) is 5.75 Å². The molecule has 0 saturated heterocycles. The minimum absolute atomic E-state index is 0.0637. The fourth-order valence-electron chi connectivity index (χ4n) is 3.65. The summed E-state index contributed by atoms with van der Waals surface area (Å²) in [4.78, 5) is 23.7. The van der Waals surface area contributed by atoms with E-state index in [1.54, 1.807) is 25.1 Å². The molecule has 0 bridgehead atoms. The molecule has 0 aliphatic carbocycles. The van der Waals surface area contributed by atoms with E-state index in [9.17, 15) is 9.90 Å². The number of fused-ring (bicyclic) bond motifs is 1. The summed E-state index contributed by atoms with van der Waals surface area (Å²) in [5.74, 6) is 0.527. The van der Waals surface area contributed by atoms with Crippen LogP contribution in [0, 0.1) is 6.92 Å². The molecule has 0 radical (unpaired) electrons. The second-order valence-corrected chi connectivity index (χ2v) is 7.41. The van der Waals surface area contributed by atoms with E-state index in [1.807, 2.05) is 43.3 Å². The van der Waals surface area contributed by atoms with Crippen LogP contribution in [0.4, 0.5) is 11.4 Å². The number of ether oxygens (including phenoxy) is 1. The average Bonchev–Trinajstić information content (AvgIpc) is 3.02. The zero-order valence-corrected chi connectivity index (χ0v) is 17.3. The van der Waals surface area contributed by atoms with E-state index in [-0.39, 0.29) is 12.5 Å². The lowest BCUT2D eigenvalue weighted by atomic mass is 10.1. The van der Waals surface area contributed by atoms with Crippen LogP contribution in [0.1, 0.15) is 38.7 Å². The first-order valence-corrected chi connectivity index (χ1v) is 9.74. The normalized spacial score (nSPS) is 12.8. The van der Waals surface area contributed by atoms with Crippen molar-refractivity contribution in [1.29, 1.82) is 0 Å². The maximum Gasteiger partial charge on any atom is 0.257 e. The van der Waals surface area contributed by atoms with E-state index in [4.69, 9.17) is 9.72 Å². The van der Waals surface area contributed by atoms with Gasteiger partial charge in [0, 0.05) is 30.6 Å². The summed E-state index contributed by atoms with van der Waals surface area (Å²) in [5, 5.41) is 12.7. The van der Waals surface area contributed by atoms with Crippen LogP contribution in [0.3, 0.4) is 0 Å². The fraction of sp³-hybridized carbons (Fsp3) is 0.261. The first kappa shape index (κ1) is 19.8. The van der Waals surface area contributed by atoms with Crippen molar-refractivity contribution in [2.75, 3.05) is 19.5 Å². The number of aryl methyl sites for hydroxylation is 1. The van der Waals surface area contributed by atoms with Gasteiger partial charge in [-0.2, -0.15) is 0 Å². The van der Waals surface area contributed by atoms with Gasteiger partial charge in [0.15, 0.2) is 0 Å². The summed E-state index contributed by atoms with van der Waals surface area (Å²) < 4.78 is 5.47. The molecule has 7 heteroatoms. The van der Waals surface area contributed by atoms with Crippen LogP contribution in [-0.4, -0.2) is 40.0 Å². The average molecular weight is 404 g/mol. The molecule has 0 saturated carbocycles. The van der Waals surface area contributed by atoms with E-state index in [0.717, 1.165) is 28.3 Å². The quantitative estimate of drug-likeness (QED) is 0.656. The molecule has 3 heterocycles. The molecule has 0 unspecified atom stereocenters. The van der Waals surface area contributed by atoms with Gasteiger partial charge in [-0.15, -0.1) is 0 Å². The molecule has 30 heavy (non-hydrogen) atoms. The van der Waals surface area contributed by atoms with Crippen LogP contribution in [0.25, 0.3) is 0 Å². The SMILES string of the molecule is COc1cc(CO)ccc1Nc1cc(Cc2cccc(C)n2)nc2c1C(=O)N(C)C2. The lowest BCUT2D eigenvalue weighted by Crippen LogP contribution is -2.18. The van der Waals surface area contributed by atoms with Gasteiger partial charge in [0.25, 0.3) is 5.91 Å². The Morgan fingerprint density at radius 2 is 1.97 bits per heavy atom. The number of aromatic nitrogens is 2. The third-order valence-electron chi connectivity index (χ3n) is 5.12. The Kier molecular flexibility index (Phi) is 5.37. The van der Waals surface area contributed by atoms with Crippen molar-refractivity contribution in [3.63, 3.8) is 0 Å². The van der Waals surface area contributed by atoms with Gasteiger partial charge in [-0.3, -0.25) is 14.8 Å². The summed E-state index contributed by atoms with van der Waals surface area (Å²) >= 11 is 0. The second kappa shape index (κ2) is 8.12. The number of aliphatic hydroxyl groups excluding tert-OH is 1. The molecule has 4 rings (SSSR count). The summed E-state index contributed by atoms with van der Waals surface area (Å²) in [6.07, 6.45) is 0.572. The Bertz CT molecular complexity index is 1110. The van der Waals surface area contributed by atoms with Gasteiger partial charge in [-0.1, -0.05) is 12.1 Å². The van der Waals surface area contributed by atoms with Crippen molar-refractivity contribution in [2.24, 2.45) is 0 Å². The number of methoxy groups -OCH3 is 1. The van der Waals surface area contributed by atoms with E-state index >= 15 is 0 Å². The topological polar surface area (TPSA) is 87.6 Å². The van der Waals surface area contributed by atoms with Crippen molar-refractivity contribution in [3.8, 4) is 5.75 Å². The van der Waals surface area contributed by atoms with Crippen molar-refractivity contribution in [1.82, 2.24) is 14.9 Å². The molecule has 2 aromatic heterocycles. The van der Waals surface area contributed by atoms with Gasteiger partial charge in [-0.05, 0) is 42.8 Å². The number of pyridine rings is 2. The molecule has 1 aliphatic heterocycles. The number of nitrogens with zero attached hydrogens (tertiary/aromatic N) is 3. The predicted molar refractivity (Wildman–Crippen MR) is 114 cm³/mol. The van der Waals surface area contributed by atoms with Crippen LogP contribution in [0.2, 0.25) is 0 Å². The van der Waals surface area contributed by atoms with Crippen LogP contribution in [-0.2, 0) is 19.6 Å². The summed E-state index contributed by atoms with van der Waals surface area (Å²) in [5.41, 5.74) is 6.19. The van der Waals surface area contributed by atoms with Gasteiger partial charge in [-0.25, -0.2) is 0 Å². The van der Waals surface area contributed by atoms with E-state index in [1.165, 1.54) is 0 Å². The number of anilines is 2. The number of benzene rings is 1. The molecule has 1 amide bonds. The molecule has 0 fully saturated rings. The largest absolute Gasteiger partial charge is 0.495 e. The number of carbonyl (C=O) groups excluding carboxylic acids is 1. The highest BCUT2D eigenvalue weighted by atomic mass is 16.5. The van der Waals surface area contributed by atoms with Crippen LogP contribution < -0.4 is 10.1 Å². The molecular formula is C23H24N4O3. The molecule has 154 valence electrons. The Hall–Kier alpha value is -3.45. The molecule has 2 N–H and O–H groups in total. The van der Waals surface area contributed by atoms with Gasteiger partial charge in [0.05, 0.1) is 42.9 Å². The Morgan fingerprint density at radius 1 is 1.13 bits per heavy atom. The minimum Gasteiger partial charge on any atom is -0.495 e. The molecule has 1 aliphatic rings. The molecule has 1 aromatic carbocycles. The highest BCUT2D eigenvalue weighted by molar-refractivity contribution is 6.03.